The first kappa shape index (κ1) is 14.0. The molecule has 0 saturated heterocycles. The molecular formula is C18H18O2S. The highest BCUT2D eigenvalue weighted by Gasteiger charge is 2.15. The van der Waals surface area contributed by atoms with Crippen molar-refractivity contribution in [2.45, 2.75) is 13.3 Å². The van der Waals surface area contributed by atoms with Crippen LogP contribution in [0, 0.1) is 0 Å². The number of methoxy groups -OCH3 is 2. The molecule has 0 N–H and O–H groups in total. The Balaban J connectivity index is 2.26. The fourth-order valence-corrected chi connectivity index (χ4v) is 4.01. The van der Waals surface area contributed by atoms with E-state index in [1.165, 1.54) is 20.5 Å². The van der Waals surface area contributed by atoms with E-state index < -0.39 is 0 Å². The smallest absolute Gasteiger partial charge is 0.127 e. The van der Waals surface area contributed by atoms with Gasteiger partial charge in [0.2, 0.25) is 0 Å². The van der Waals surface area contributed by atoms with E-state index in [0.29, 0.717) is 0 Å². The number of hydrogen-bond acceptors (Lipinski definition) is 3. The Hall–Kier alpha value is -2.00. The van der Waals surface area contributed by atoms with Crippen LogP contribution in [-0.2, 0) is 6.42 Å². The lowest BCUT2D eigenvalue weighted by molar-refractivity contribution is 0.415. The summed E-state index contributed by atoms with van der Waals surface area (Å²) >= 11 is 1.80. The van der Waals surface area contributed by atoms with Gasteiger partial charge in [0, 0.05) is 15.1 Å². The lowest BCUT2D eigenvalue weighted by Crippen LogP contribution is -1.88. The van der Waals surface area contributed by atoms with Crippen LogP contribution in [0.4, 0.5) is 0 Å². The lowest BCUT2D eigenvalue weighted by Gasteiger charge is -2.08. The third-order valence-electron chi connectivity index (χ3n) is 3.71. The van der Waals surface area contributed by atoms with Gasteiger partial charge in [-0.15, -0.1) is 11.3 Å². The topological polar surface area (TPSA) is 18.5 Å². The van der Waals surface area contributed by atoms with Crippen molar-refractivity contribution in [2.75, 3.05) is 14.2 Å². The van der Waals surface area contributed by atoms with Crippen molar-refractivity contribution in [3.8, 4) is 21.9 Å². The number of hydrogen-bond donors (Lipinski definition) is 0. The van der Waals surface area contributed by atoms with Crippen molar-refractivity contribution < 1.29 is 9.47 Å². The molecule has 0 fully saturated rings. The van der Waals surface area contributed by atoms with E-state index in [2.05, 4.69) is 31.2 Å². The third kappa shape index (κ3) is 2.38. The maximum absolute atomic E-state index is 5.52. The molecule has 0 amide bonds. The summed E-state index contributed by atoms with van der Waals surface area (Å²) < 4.78 is 12.1. The molecule has 108 valence electrons. The number of ether oxygens (including phenoxy) is 2. The van der Waals surface area contributed by atoms with Crippen molar-refractivity contribution in [1.29, 1.82) is 0 Å². The number of aryl methyl sites for hydroxylation is 1. The zero-order chi connectivity index (χ0) is 14.8. The molecule has 1 heterocycles. The Morgan fingerprint density at radius 2 is 1.81 bits per heavy atom. The minimum atomic E-state index is 0.901. The minimum absolute atomic E-state index is 0.901. The average Bonchev–Trinajstić information content (AvgIpc) is 2.91. The highest BCUT2D eigenvalue weighted by Crippen LogP contribution is 2.43. The summed E-state index contributed by atoms with van der Waals surface area (Å²) in [4.78, 5) is 1.29. The Bertz CT molecular complexity index is 774. The standard InChI is InChI=1S/C18H18O2S/c1-4-13-14-10-9-12(19-2)11-17(14)21-18(13)15-7-5-6-8-16(15)20-3/h5-11H,4H2,1-3H3. The summed E-state index contributed by atoms with van der Waals surface area (Å²) in [5, 5.41) is 1.31. The van der Waals surface area contributed by atoms with Crippen LogP contribution in [0.25, 0.3) is 20.5 Å². The van der Waals surface area contributed by atoms with Crippen LogP contribution in [0.3, 0.4) is 0 Å². The third-order valence-corrected chi connectivity index (χ3v) is 4.93. The monoisotopic (exact) mass is 298 g/mol. The molecule has 0 bridgehead atoms. The summed E-state index contributed by atoms with van der Waals surface area (Å²) in [6.07, 6.45) is 1.000. The number of para-hydroxylation sites is 1. The fraction of sp³-hybridized carbons (Fsp3) is 0.222. The number of benzene rings is 2. The van der Waals surface area contributed by atoms with Crippen molar-refractivity contribution in [3.63, 3.8) is 0 Å². The maximum atomic E-state index is 5.52. The van der Waals surface area contributed by atoms with Crippen LogP contribution < -0.4 is 9.47 Å². The first-order valence-electron chi connectivity index (χ1n) is 7.01. The Labute approximate surface area is 128 Å². The molecule has 3 rings (SSSR count). The second-order valence-corrected chi connectivity index (χ2v) is 5.88. The van der Waals surface area contributed by atoms with Crippen molar-refractivity contribution in [2.24, 2.45) is 0 Å². The van der Waals surface area contributed by atoms with E-state index >= 15 is 0 Å². The molecule has 0 spiro atoms. The van der Waals surface area contributed by atoms with E-state index in [1.807, 2.05) is 18.2 Å². The van der Waals surface area contributed by atoms with Crippen molar-refractivity contribution in [3.05, 3.63) is 48.0 Å². The summed E-state index contributed by atoms with van der Waals surface area (Å²) in [5.41, 5.74) is 2.54. The van der Waals surface area contributed by atoms with E-state index in [1.54, 1.807) is 25.6 Å². The molecule has 0 aliphatic heterocycles. The number of rotatable bonds is 4. The van der Waals surface area contributed by atoms with Crippen LogP contribution in [-0.4, -0.2) is 14.2 Å². The molecule has 0 saturated carbocycles. The van der Waals surface area contributed by atoms with Gasteiger partial charge in [-0.3, -0.25) is 0 Å². The quantitative estimate of drug-likeness (QED) is 0.663. The van der Waals surface area contributed by atoms with Gasteiger partial charge in [0.15, 0.2) is 0 Å². The first-order valence-corrected chi connectivity index (χ1v) is 7.83. The summed E-state index contributed by atoms with van der Waals surface area (Å²) in [6, 6.07) is 14.5. The molecule has 0 atom stereocenters. The molecule has 0 aliphatic carbocycles. The lowest BCUT2D eigenvalue weighted by atomic mass is 10.0. The molecule has 3 aromatic rings. The van der Waals surface area contributed by atoms with Crippen LogP contribution in [0.15, 0.2) is 42.5 Å². The fourth-order valence-electron chi connectivity index (χ4n) is 2.66. The first-order chi connectivity index (χ1) is 10.3. The van der Waals surface area contributed by atoms with Crippen LogP contribution in [0.1, 0.15) is 12.5 Å². The molecule has 0 unspecified atom stereocenters. The molecule has 1 aromatic heterocycles. The van der Waals surface area contributed by atoms with Gasteiger partial charge in [0.25, 0.3) is 0 Å². The van der Waals surface area contributed by atoms with Crippen molar-refractivity contribution >= 4 is 21.4 Å². The number of fused-ring (bicyclic) bond motifs is 1. The van der Waals surface area contributed by atoms with Crippen LogP contribution >= 0.6 is 11.3 Å². The van der Waals surface area contributed by atoms with E-state index in [0.717, 1.165) is 23.5 Å². The molecular weight excluding hydrogens is 280 g/mol. The SMILES string of the molecule is CCc1c(-c2ccccc2OC)sc2cc(OC)ccc12. The molecule has 0 radical (unpaired) electrons. The highest BCUT2D eigenvalue weighted by molar-refractivity contribution is 7.22. The highest BCUT2D eigenvalue weighted by atomic mass is 32.1. The largest absolute Gasteiger partial charge is 0.497 e. The molecule has 2 aromatic carbocycles. The molecule has 3 heteroatoms. The minimum Gasteiger partial charge on any atom is -0.497 e. The summed E-state index contributed by atoms with van der Waals surface area (Å²) in [7, 11) is 3.43. The van der Waals surface area contributed by atoms with E-state index in [4.69, 9.17) is 9.47 Å². The zero-order valence-corrected chi connectivity index (χ0v) is 13.3. The molecule has 2 nitrogen and oxygen atoms in total. The predicted octanol–water partition coefficient (Wildman–Crippen LogP) is 5.15. The van der Waals surface area contributed by atoms with Crippen molar-refractivity contribution in [1.82, 2.24) is 0 Å². The zero-order valence-electron chi connectivity index (χ0n) is 12.5. The van der Waals surface area contributed by atoms with Crippen LogP contribution in [0.2, 0.25) is 0 Å². The number of thiophene rings is 1. The molecule has 21 heavy (non-hydrogen) atoms. The molecule has 0 aliphatic rings. The second-order valence-electron chi connectivity index (χ2n) is 4.83. The van der Waals surface area contributed by atoms with Gasteiger partial charge in [-0.05, 0) is 47.7 Å². The maximum Gasteiger partial charge on any atom is 0.127 e. The Kier molecular flexibility index (Phi) is 3.84. The summed E-state index contributed by atoms with van der Waals surface area (Å²) in [6.45, 7) is 2.20. The summed E-state index contributed by atoms with van der Waals surface area (Å²) in [5.74, 6) is 1.82. The van der Waals surface area contributed by atoms with Gasteiger partial charge in [0.1, 0.15) is 11.5 Å². The van der Waals surface area contributed by atoms with Gasteiger partial charge >= 0.3 is 0 Å². The van der Waals surface area contributed by atoms with Gasteiger partial charge in [-0.2, -0.15) is 0 Å². The Morgan fingerprint density at radius 1 is 1.00 bits per heavy atom. The average molecular weight is 298 g/mol. The van der Waals surface area contributed by atoms with Gasteiger partial charge < -0.3 is 9.47 Å². The van der Waals surface area contributed by atoms with E-state index in [-0.39, 0.29) is 0 Å². The van der Waals surface area contributed by atoms with Crippen LogP contribution in [0.5, 0.6) is 11.5 Å². The predicted molar refractivity (Wildman–Crippen MR) is 89.7 cm³/mol. The van der Waals surface area contributed by atoms with Gasteiger partial charge in [-0.1, -0.05) is 19.1 Å². The normalized spacial score (nSPS) is 10.8. The van der Waals surface area contributed by atoms with E-state index in [9.17, 15) is 0 Å². The van der Waals surface area contributed by atoms with Gasteiger partial charge in [0.05, 0.1) is 14.2 Å². The van der Waals surface area contributed by atoms with Gasteiger partial charge in [-0.25, -0.2) is 0 Å². The second kappa shape index (κ2) is 5.78. The Morgan fingerprint density at radius 3 is 2.52 bits per heavy atom.